The first-order valence-corrected chi connectivity index (χ1v) is 12.8. The molecule has 190 valence electrons. The lowest BCUT2D eigenvalue weighted by atomic mass is 10.2. The van der Waals surface area contributed by atoms with Gasteiger partial charge in [-0.2, -0.15) is 5.10 Å². The van der Waals surface area contributed by atoms with E-state index in [1.807, 2.05) is 71.3 Å². The van der Waals surface area contributed by atoms with Gasteiger partial charge in [-0.15, -0.1) is 10.2 Å². The van der Waals surface area contributed by atoms with E-state index in [9.17, 15) is 4.79 Å². The number of ether oxygens (including phenoxy) is 3. The smallest absolute Gasteiger partial charge is 0.250 e. The summed E-state index contributed by atoms with van der Waals surface area (Å²) in [6.07, 6.45) is 1.56. The first kappa shape index (κ1) is 26.2. The number of para-hydroxylation sites is 1. The van der Waals surface area contributed by atoms with Crippen LogP contribution in [-0.2, 0) is 4.79 Å². The molecule has 0 saturated carbocycles. The van der Waals surface area contributed by atoms with Crippen molar-refractivity contribution < 1.29 is 19.0 Å². The number of carbonyl (C=O) groups is 1. The third-order valence-corrected chi connectivity index (χ3v) is 6.75. The molecule has 11 heteroatoms. The van der Waals surface area contributed by atoms with Gasteiger partial charge < -0.3 is 14.2 Å². The van der Waals surface area contributed by atoms with E-state index in [4.69, 9.17) is 14.2 Å². The molecule has 1 amide bonds. The normalized spacial score (nSPS) is 10.9. The molecule has 0 atom stereocenters. The van der Waals surface area contributed by atoms with Crippen molar-refractivity contribution in [1.82, 2.24) is 20.2 Å². The van der Waals surface area contributed by atoms with E-state index >= 15 is 0 Å². The summed E-state index contributed by atoms with van der Waals surface area (Å²) in [7, 11) is 4.77. The number of methoxy groups -OCH3 is 3. The second kappa shape index (κ2) is 12.4. The topological polar surface area (TPSA) is 99.9 Å². The Kier molecular flexibility index (Phi) is 8.81. The highest BCUT2D eigenvalue weighted by Gasteiger charge is 2.18. The summed E-state index contributed by atoms with van der Waals surface area (Å²) in [5.41, 5.74) is 5.02. The molecule has 0 unspecified atom stereocenters. The number of carbonyl (C=O) groups excluding carboxylic acids is 1. The molecule has 4 rings (SSSR count). The highest BCUT2D eigenvalue weighted by atomic mass is 79.9. The fourth-order valence-electron chi connectivity index (χ4n) is 3.44. The number of hydrogen-bond donors (Lipinski definition) is 1. The van der Waals surface area contributed by atoms with Crippen LogP contribution in [0.25, 0.3) is 17.1 Å². The van der Waals surface area contributed by atoms with E-state index in [-0.39, 0.29) is 11.7 Å². The number of thioether (sulfide) groups is 1. The maximum atomic E-state index is 12.5. The molecule has 1 N–H and O–H groups in total. The second-order valence-corrected chi connectivity index (χ2v) is 9.32. The van der Waals surface area contributed by atoms with Crippen molar-refractivity contribution in [3.05, 3.63) is 76.8 Å². The maximum Gasteiger partial charge on any atom is 0.250 e. The van der Waals surface area contributed by atoms with E-state index < -0.39 is 0 Å². The zero-order valence-corrected chi connectivity index (χ0v) is 22.7. The first-order chi connectivity index (χ1) is 18.0. The molecule has 9 nitrogen and oxygen atoms in total. The number of halogens is 1. The number of nitrogens with zero attached hydrogens (tertiary/aromatic N) is 4. The van der Waals surface area contributed by atoms with Gasteiger partial charge in [0.2, 0.25) is 0 Å². The molecule has 4 aromatic rings. The molecule has 0 aliphatic rings. The van der Waals surface area contributed by atoms with Crippen molar-refractivity contribution in [2.24, 2.45) is 5.10 Å². The average Bonchev–Trinajstić information content (AvgIpc) is 3.36. The van der Waals surface area contributed by atoms with Gasteiger partial charge in [-0.1, -0.05) is 30.0 Å². The van der Waals surface area contributed by atoms with Crippen LogP contribution in [0.5, 0.6) is 17.2 Å². The van der Waals surface area contributed by atoms with Crippen molar-refractivity contribution in [3.8, 4) is 34.3 Å². The number of rotatable bonds is 10. The Balaban J connectivity index is 1.51. The third kappa shape index (κ3) is 6.30. The van der Waals surface area contributed by atoms with Crippen molar-refractivity contribution in [2.75, 3.05) is 27.1 Å². The van der Waals surface area contributed by atoms with Crippen molar-refractivity contribution in [2.45, 2.75) is 5.16 Å². The van der Waals surface area contributed by atoms with Crippen molar-refractivity contribution in [3.63, 3.8) is 0 Å². The second-order valence-electron chi connectivity index (χ2n) is 7.52. The fourth-order valence-corrected chi connectivity index (χ4v) is 4.74. The molecule has 37 heavy (non-hydrogen) atoms. The zero-order valence-electron chi connectivity index (χ0n) is 20.3. The zero-order chi connectivity index (χ0) is 26.2. The number of hydrazone groups is 1. The van der Waals surface area contributed by atoms with Gasteiger partial charge in [-0.25, -0.2) is 5.43 Å². The molecule has 0 radical (unpaired) electrons. The molecule has 1 heterocycles. The average molecular weight is 582 g/mol. The van der Waals surface area contributed by atoms with E-state index in [0.717, 1.165) is 21.3 Å². The molecule has 0 aliphatic heterocycles. The van der Waals surface area contributed by atoms with Crippen LogP contribution in [0.4, 0.5) is 0 Å². The summed E-state index contributed by atoms with van der Waals surface area (Å²) in [6.45, 7) is 0. The van der Waals surface area contributed by atoms with Gasteiger partial charge in [-0.05, 0) is 70.0 Å². The number of amides is 1. The number of benzene rings is 3. The molecular formula is C26H24BrN5O4S. The summed E-state index contributed by atoms with van der Waals surface area (Å²) in [6, 6.07) is 20.8. The van der Waals surface area contributed by atoms with Crippen LogP contribution in [0.15, 0.2) is 81.5 Å². The Morgan fingerprint density at radius 1 is 0.973 bits per heavy atom. The Morgan fingerprint density at radius 3 is 2.41 bits per heavy atom. The van der Waals surface area contributed by atoms with Gasteiger partial charge in [0.05, 0.1) is 37.8 Å². The number of hydrogen-bond acceptors (Lipinski definition) is 8. The van der Waals surface area contributed by atoms with Crippen molar-refractivity contribution >= 4 is 39.8 Å². The number of nitrogens with one attached hydrogen (secondary N) is 1. The summed E-state index contributed by atoms with van der Waals surface area (Å²) < 4.78 is 18.7. The van der Waals surface area contributed by atoms with Gasteiger partial charge in [-0.3, -0.25) is 9.36 Å². The van der Waals surface area contributed by atoms with E-state index in [2.05, 4.69) is 36.7 Å². The molecule has 0 spiro atoms. The SMILES string of the molecule is COc1ccc(C=NNC(=O)CSc2nnc(-c3ccc(OC)c(OC)c3)n2-c2ccccc2)cc1Br. The standard InChI is InChI=1S/C26H24BrN5O4S/c1-34-21-11-9-17(13-20(21)27)15-28-29-24(33)16-37-26-31-30-25(32(26)19-7-5-4-6-8-19)18-10-12-22(35-2)23(14-18)36-3/h4-15H,16H2,1-3H3,(H,29,33). The van der Waals surface area contributed by atoms with Crippen LogP contribution in [0.3, 0.4) is 0 Å². The van der Waals surface area contributed by atoms with Gasteiger partial charge in [0.25, 0.3) is 5.91 Å². The van der Waals surface area contributed by atoms with Crippen LogP contribution < -0.4 is 19.6 Å². The van der Waals surface area contributed by atoms with E-state index in [1.165, 1.54) is 11.8 Å². The molecule has 0 saturated heterocycles. The molecule has 1 aromatic heterocycles. The Labute approximate surface area is 227 Å². The van der Waals surface area contributed by atoms with Gasteiger partial charge in [0.1, 0.15) is 5.75 Å². The number of aromatic nitrogens is 3. The quantitative estimate of drug-likeness (QED) is 0.160. The minimum Gasteiger partial charge on any atom is -0.496 e. The summed E-state index contributed by atoms with van der Waals surface area (Å²) in [5.74, 6) is 2.35. The molecular weight excluding hydrogens is 558 g/mol. The van der Waals surface area contributed by atoms with Crippen LogP contribution >= 0.6 is 27.7 Å². The van der Waals surface area contributed by atoms with Crippen LogP contribution in [0.2, 0.25) is 0 Å². The first-order valence-electron chi connectivity index (χ1n) is 11.1. The summed E-state index contributed by atoms with van der Waals surface area (Å²) in [4.78, 5) is 12.5. The fraction of sp³-hybridized carbons (Fsp3) is 0.154. The lowest BCUT2D eigenvalue weighted by Gasteiger charge is -2.12. The van der Waals surface area contributed by atoms with Crippen molar-refractivity contribution in [1.29, 1.82) is 0 Å². The molecule has 0 fully saturated rings. The Morgan fingerprint density at radius 2 is 1.70 bits per heavy atom. The van der Waals surface area contributed by atoms with Crippen LogP contribution in [0, 0.1) is 0 Å². The minimum absolute atomic E-state index is 0.0978. The highest BCUT2D eigenvalue weighted by molar-refractivity contribution is 9.10. The molecule has 0 aliphatic carbocycles. The summed E-state index contributed by atoms with van der Waals surface area (Å²) in [5, 5.41) is 13.4. The predicted octanol–water partition coefficient (Wildman–Crippen LogP) is 4.97. The predicted molar refractivity (Wildman–Crippen MR) is 147 cm³/mol. The Hall–Kier alpha value is -3.83. The van der Waals surface area contributed by atoms with Gasteiger partial charge >= 0.3 is 0 Å². The highest BCUT2D eigenvalue weighted by Crippen LogP contribution is 2.34. The monoisotopic (exact) mass is 581 g/mol. The van der Waals surface area contributed by atoms with Crippen LogP contribution in [0.1, 0.15) is 5.56 Å². The lowest BCUT2D eigenvalue weighted by molar-refractivity contribution is -0.118. The Bertz CT molecular complexity index is 1410. The van der Waals surface area contributed by atoms with Gasteiger partial charge in [0.15, 0.2) is 22.5 Å². The lowest BCUT2D eigenvalue weighted by Crippen LogP contribution is -2.20. The largest absolute Gasteiger partial charge is 0.496 e. The van der Waals surface area contributed by atoms with Crippen LogP contribution in [-0.4, -0.2) is 54.0 Å². The molecule has 0 bridgehead atoms. The van der Waals surface area contributed by atoms with Gasteiger partial charge in [0, 0.05) is 11.3 Å². The molecule has 3 aromatic carbocycles. The van der Waals surface area contributed by atoms with E-state index in [0.29, 0.717) is 28.2 Å². The minimum atomic E-state index is -0.274. The maximum absolute atomic E-state index is 12.5. The summed E-state index contributed by atoms with van der Waals surface area (Å²) >= 11 is 4.69. The van der Waals surface area contributed by atoms with E-state index in [1.54, 1.807) is 27.5 Å². The third-order valence-electron chi connectivity index (χ3n) is 5.20.